The molecule has 0 radical (unpaired) electrons. The van der Waals surface area contributed by atoms with E-state index < -0.39 is 18.1 Å². The maximum absolute atomic E-state index is 12.2. The van der Waals surface area contributed by atoms with Crippen molar-refractivity contribution in [2.24, 2.45) is 0 Å². The zero-order valence-corrected chi connectivity index (χ0v) is 15.6. The molecule has 1 aliphatic rings. The fourth-order valence-corrected chi connectivity index (χ4v) is 3.62. The van der Waals surface area contributed by atoms with Gasteiger partial charge >= 0.3 is 12.1 Å². The third-order valence-corrected chi connectivity index (χ3v) is 5.00. The molecule has 0 aromatic heterocycles. The number of amides is 1. The van der Waals surface area contributed by atoms with Crippen LogP contribution in [0.5, 0.6) is 0 Å². The van der Waals surface area contributed by atoms with Crippen LogP contribution in [0, 0.1) is 12.3 Å². The van der Waals surface area contributed by atoms with E-state index in [1.807, 2.05) is 36.4 Å². The number of carboxylic acid groups (broad SMARTS) is 1. The average molecular weight is 377 g/mol. The number of carbonyl (C=O) groups excluding carboxylic acids is 1. The van der Waals surface area contributed by atoms with Crippen molar-refractivity contribution in [2.45, 2.75) is 37.6 Å². The number of unbranched alkanes of at least 4 members (excludes halogenated alkanes) is 2. The van der Waals surface area contributed by atoms with Gasteiger partial charge in [0, 0.05) is 12.3 Å². The second-order valence-electron chi connectivity index (χ2n) is 6.81. The fourth-order valence-electron chi connectivity index (χ4n) is 3.62. The standard InChI is InChI=1S/C23H23NO4/c1-2-3-4-5-14-21(22(25)26)24-23(27)28-15-20-18-12-8-6-10-16(18)17-11-7-9-13-19(17)20/h1,6-13,20-21H,3-5,14-15H2,(H,24,27)(H,25,26). The second kappa shape index (κ2) is 9.09. The maximum Gasteiger partial charge on any atom is 0.407 e. The molecule has 144 valence electrons. The van der Waals surface area contributed by atoms with E-state index in [0.29, 0.717) is 19.3 Å². The highest BCUT2D eigenvalue weighted by molar-refractivity contribution is 5.81. The summed E-state index contributed by atoms with van der Waals surface area (Å²) in [5, 5.41) is 11.8. The Morgan fingerprint density at radius 2 is 1.68 bits per heavy atom. The number of hydrogen-bond acceptors (Lipinski definition) is 3. The van der Waals surface area contributed by atoms with E-state index in [4.69, 9.17) is 11.2 Å². The summed E-state index contributed by atoms with van der Waals surface area (Å²) < 4.78 is 5.40. The number of carboxylic acids is 1. The third kappa shape index (κ3) is 4.34. The summed E-state index contributed by atoms with van der Waals surface area (Å²) in [6, 6.07) is 15.1. The first-order chi connectivity index (χ1) is 13.6. The first-order valence-electron chi connectivity index (χ1n) is 9.39. The monoisotopic (exact) mass is 377 g/mol. The van der Waals surface area contributed by atoms with Crippen molar-refractivity contribution >= 4 is 12.1 Å². The average Bonchev–Trinajstić information content (AvgIpc) is 3.02. The smallest absolute Gasteiger partial charge is 0.407 e. The minimum atomic E-state index is -1.07. The quantitative estimate of drug-likeness (QED) is 0.535. The van der Waals surface area contributed by atoms with Gasteiger partial charge in [0.15, 0.2) is 0 Å². The predicted molar refractivity (Wildman–Crippen MR) is 107 cm³/mol. The molecule has 2 aromatic rings. The Kier molecular flexibility index (Phi) is 6.33. The lowest BCUT2D eigenvalue weighted by Crippen LogP contribution is -2.41. The van der Waals surface area contributed by atoms with Gasteiger partial charge in [-0.15, -0.1) is 12.3 Å². The Hall–Kier alpha value is -3.26. The zero-order chi connectivity index (χ0) is 19.9. The van der Waals surface area contributed by atoms with Crippen molar-refractivity contribution in [3.63, 3.8) is 0 Å². The van der Waals surface area contributed by atoms with E-state index >= 15 is 0 Å². The lowest BCUT2D eigenvalue weighted by atomic mass is 9.98. The Bertz CT molecular complexity index is 854. The van der Waals surface area contributed by atoms with Crippen LogP contribution in [0.15, 0.2) is 48.5 Å². The molecule has 0 spiro atoms. The molecule has 0 aliphatic heterocycles. The molecule has 0 fully saturated rings. The van der Waals surface area contributed by atoms with Crippen molar-refractivity contribution in [3.05, 3.63) is 59.7 Å². The van der Waals surface area contributed by atoms with Gasteiger partial charge in [-0.2, -0.15) is 0 Å². The van der Waals surface area contributed by atoms with Crippen molar-refractivity contribution in [2.75, 3.05) is 6.61 Å². The van der Waals surface area contributed by atoms with E-state index in [0.717, 1.165) is 28.7 Å². The van der Waals surface area contributed by atoms with Crippen LogP contribution in [-0.4, -0.2) is 29.8 Å². The van der Waals surface area contributed by atoms with Crippen LogP contribution in [-0.2, 0) is 9.53 Å². The van der Waals surface area contributed by atoms with Crippen molar-refractivity contribution < 1.29 is 19.4 Å². The van der Waals surface area contributed by atoms with Crippen LogP contribution in [0.4, 0.5) is 4.79 Å². The fraction of sp³-hybridized carbons (Fsp3) is 0.304. The van der Waals surface area contributed by atoms with E-state index in [2.05, 4.69) is 23.4 Å². The number of rotatable bonds is 8. The number of aliphatic carboxylic acids is 1. The molecule has 1 aliphatic carbocycles. The second-order valence-corrected chi connectivity index (χ2v) is 6.81. The highest BCUT2D eigenvalue weighted by Crippen LogP contribution is 2.44. The minimum Gasteiger partial charge on any atom is -0.480 e. The van der Waals surface area contributed by atoms with Gasteiger partial charge in [0.25, 0.3) is 0 Å². The normalized spacial score (nSPS) is 13.1. The van der Waals surface area contributed by atoms with Crippen molar-refractivity contribution in [1.29, 1.82) is 0 Å². The Morgan fingerprint density at radius 3 is 2.25 bits per heavy atom. The lowest BCUT2D eigenvalue weighted by molar-refractivity contribution is -0.139. The number of benzene rings is 2. The first-order valence-corrected chi connectivity index (χ1v) is 9.39. The van der Waals surface area contributed by atoms with Crippen molar-refractivity contribution in [3.8, 4) is 23.5 Å². The van der Waals surface area contributed by atoms with E-state index in [1.165, 1.54) is 0 Å². The summed E-state index contributed by atoms with van der Waals surface area (Å²) in [6.07, 6.45) is 6.75. The maximum atomic E-state index is 12.2. The predicted octanol–water partition coefficient (Wildman–Crippen LogP) is 4.17. The van der Waals surface area contributed by atoms with Crippen molar-refractivity contribution in [1.82, 2.24) is 5.32 Å². The van der Waals surface area contributed by atoms with E-state index in [-0.39, 0.29) is 12.5 Å². The molecule has 0 heterocycles. The Labute approximate surface area is 164 Å². The summed E-state index contributed by atoms with van der Waals surface area (Å²) in [6.45, 7) is 0.156. The first kappa shape index (κ1) is 19.5. The molecule has 1 atom stereocenters. The number of fused-ring (bicyclic) bond motifs is 3. The van der Waals surface area contributed by atoms with Crippen LogP contribution in [0.2, 0.25) is 0 Å². The van der Waals surface area contributed by atoms with Crippen LogP contribution in [0.3, 0.4) is 0 Å². The Morgan fingerprint density at radius 1 is 1.07 bits per heavy atom. The molecule has 5 nitrogen and oxygen atoms in total. The molecule has 0 saturated heterocycles. The minimum absolute atomic E-state index is 0.0583. The number of hydrogen-bond donors (Lipinski definition) is 2. The number of alkyl carbamates (subject to hydrolysis) is 1. The molecule has 5 heteroatoms. The Balaban J connectivity index is 1.61. The number of carbonyl (C=O) groups is 2. The highest BCUT2D eigenvalue weighted by atomic mass is 16.5. The summed E-state index contributed by atoms with van der Waals surface area (Å²) in [4.78, 5) is 23.6. The topological polar surface area (TPSA) is 75.6 Å². The summed E-state index contributed by atoms with van der Waals surface area (Å²) in [7, 11) is 0. The number of nitrogens with one attached hydrogen (secondary N) is 1. The van der Waals surface area contributed by atoms with E-state index in [9.17, 15) is 14.7 Å². The largest absolute Gasteiger partial charge is 0.480 e. The summed E-state index contributed by atoms with van der Waals surface area (Å²) >= 11 is 0. The van der Waals surface area contributed by atoms with Crippen LogP contribution in [0.25, 0.3) is 11.1 Å². The van der Waals surface area contributed by atoms with Crippen LogP contribution >= 0.6 is 0 Å². The third-order valence-electron chi connectivity index (χ3n) is 5.00. The summed E-state index contributed by atoms with van der Waals surface area (Å²) in [5.74, 6) is 1.39. The van der Waals surface area contributed by atoms with Gasteiger partial charge in [-0.1, -0.05) is 48.5 Å². The van der Waals surface area contributed by atoms with Gasteiger partial charge in [0.2, 0.25) is 0 Å². The number of terminal acetylenes is 1. The molecule has 0 saturated carbocycles. The number of ether oxygens (including phenoxy) is 1. The molecule has 2 aromatic carbocycles. The summed E-state index contributed by atoms with van der Waals surface area (Å²) in [5.41, 5.74) is 4.51. The molecule has 2 N–H and O–H groups in total. The van der Waals surface area contributed by atoms with Gasteiger partial charge in [-0.25, -0.2) is 9.59 Å². The lowest BCUT2D eigenvalue weighted by Gasteiger charge is -2.17. The molecule has 3 rings (SSSR count). The SMILES string of the molecule is C#CCCCCC(NC(=O)OCC1c2ccccc2-c2ccccc21)C(=O)O. The van der Waals surface area contributed by atoms with Crippen LogP contribution in [0.1, 0.15) is 42.7 Å². The molecule has 1 unspecified atom stereocenters. The molecule has 0 bridgehead atoms. The van der Waals surface area contributed by atoms with Gasteiger partial charge in [-0.3, -0.25) is 0 Å². The van der Waals surface area contributed by atoms with Gasteiger partial charge in [0.1, 0.15) is 12.6 Å². The van der Waals surface area contributed by atoms with Gasteiger partial charge in [0.05, 0.1) is 0 Å². The molecular weight excluding hydrogens is 354 g/mol. The van der Waals surface area contributed by atoms with Gasteiger partial charge < -0.3 is 15.2 Å². The molecular formula is C23H23NO4. The highest BCUT2D eigenvalue weighted by Gasteiger charge is 2.29. The zero-order valence-electron chi connectivity index (χ0n) is 15.6. The van der Waals surface area contributed by atoms with E-state index in [1.54, 1.807) is 0 Å². The molecule has 1 amide bonds. The molecule has 28 heavy (non-hydrogen) atoms. The van der Waals surface area contributed by atoms with Gasteiger partial charge in [-0.05, 0) is 41.5 Å². The van der Waals surface area contributed by atoms with Crippen LogP contribution < -0.4 is 5.32 Å².